The molecule has 5 rings (SSSR count). The minimum absolute atomic E-state index is 0.00119. The van der Waals surface area contributed by atoms with Crippen LogP contribution in [0.3, 0.4) is 0 Å². The van der Waals surface area contributed by atoms with Gasteiger partial charge >= 0.3 is 0 Å². The zero-order valence-electron chi connectivity index (χ0n) is 15.7. The van der Waals surface area contributed by atoms with E-state index in [9.17, 15) is 4.79 Å². The third kappa shape index (κ3) is 3.12. The van der Waals surface area contributed by atoms with E-state index in [1.807, 2.05) is 30.3 Å². The number of aromatic amines is 1. The molecule has 0 unspecified atom stereocenters. The van der Waals surface area contributed by atoms with Crippen LogP contribution in [0.4, 0.5) is 0 Å². The maximum absolute atomic E-state index is 12.5. The smallest absolute Gasteiger partial charge is 0.255 e. The van der Waals surface area contributed by atoms with Crippen LogP contribution < -0.4 is 15.6 Å². The lowest BCUT2D eigenvalue weighted by Crippen LogP contribution is -2.33. The second kappa shape index (κ2) is 6.91. The average Bonchev–Trinajstić information content (AvgIpc) is 3.56. The van der Waals surface area contributed by atoms with Crippen LogP contribution in [-0.2, 0) is 25.0 Å². The van der Waals surface area contributed by atoms with E-state index in [2.05, 4.69) is 34.6 Å². The minimum atomic E-state index is -0.156. The molecule has 1 aromatic heterocycles. The Balaban J connectivity index is 1.37. The molecule has 0 atom stereocenters. The minimum Gasteiger partial charge on any atom is -0.489 e. The molecule has 142 valence electrons. The van der Waals surface area contributed by atoms with Crippen molar-refractivity contribution in [1.29, 1.82) is 0 Å². The first-order valence-corrected chi connectivity index (χ1v) is 9.85. The third-order valence-corrected chi connectivity index (χ3v) is 5.80. The van der Waals surface area contributed by atoms with E-state index < -0.39 is 0 Å². The number of fused-ring (bicyclic) bond motifs is 1. The highest BCUT2D eigenvalue weighted by atomic mass is 16.5. The molecular weight excluding hydrogens is 350 g/mol. The van der Waals surface area contributed by atoms with Crippen molar-refractivity contribution >= 4 is 0 Å². The predicted octanol–water partition coefficient (Wildman–Crippen LogP) is 3.07. The van der Waals surface area contributed by atoms with Gasteiger partial charge in [-0.25, -0.2) is 4.98 Å². The van der Waals surface area contributed by atoms with Crippen LogP contribution in [0.5, 0.6) is 5.75 Å². The van der Waals surface area contributed by atoms with Gasteiger partial charge in [0.2, 0.25) is 0 Å². The number of benzene rings is 2. The van der Waals surface area contributed by atoms with E-state index in [0.717, 1.165) is 54.2 Å². The van der Waals surface area contributed by atoms with Crippen LogP contribution in [0.2, 0.25) is 0 Å². The van der Waals surface area contributed by atoms with Gasteiger partial charge in [0, 0.05) is 19.5 Å². The fraction of sp³-hybridized carbons (Fsp3) is 0.304. The first-order valence-electron chi connectivity index (χ1n) is 9.85. The Hall–Kier alpha value is -2.92. The number of nitrogens with zero attached hydrogens (tertiary/aromatic N) is 1. The molecule has 5 heteroatoms. The first-order chi connectivity index (χ1) is 13.7. The molecule has 2 aromatic carbocycles. The van der Waals surface area contributed by atoms with E-state index in [0.29, 0.717) is 13.2 Å². The highest BCUT2D eigenvalue weighted by Crippen LogP contribution is 2.52. The van der Waals surface area contributed by atoms with Gasteiger partial charge in [0.1, 0.15) is 18.2 Å². The van der Waals surface area contributed by atoms with Gasteiger partial charge in [0.05, 0.1) is 16.7 Å². The summed E-state index contributed by atoms with van der Waals surface area (Å²) in [6.45, 7) is 2.04. The molecule has 0 bridgehead atoms. The molecule has 5 nitrogen and oxygen atoms in total. The van der Waals surface area contributed by atoms with E-state index in [1.54, 1.807) is 0 Å². The number of rotatable bonds is 5. The molecule has 0 spiro atoms. The third-order valence-electron chi connectivity index (χ3n) is 5.80. The van der Waals surface area contributed by atoms with E-state index in [4.69, 9.17) is 9.72 Å². The molecule has 2 aliphatic rings. The van der Waals surface area contributed by atoms with Gasteiger partial charge in [-0.1, -0.05) is 42.5 Å². The number of nitrogens with one attached hydrogen (secondary N) is 2. The molecule has 0 radical (unpaired) electrons. The Morgan fingerprint density at radius 2 is 1.82 bits per heavy atom. The fourth-order valence-electron chi connectivity index (χ4n) is 3.98. The van der Waals surface area contributed by atoms with Crippen molar-refractivity contribution in [2.45, 2.75) is 37.8 Å². The number of hydrogen-bond donors (Lipinski definition) is 2. The standard InChI is InChI=1S/C23H23N3O2/c27-21-19-14-24-13-10-20(19)25-22(26-21)23(11-12-23)17-6-8-18(9-7-17)28-15-16-4-2-1-3-5-16/h1-9,24H,10-15H2,(H,25,26,27). The van der Waals surface area contributed by atoms with Crippen LogP contribution in [-0.4, -0.2) is 16.5 Å². The van der Waals surface area contributed by atoms with Crippen molar-refractivity contribution in [3.63, 3.8) is 0 Å². The quantitative estimate of drug-likeness (QED) is 0.721. The van der Waals surface area contributed by atoms with Crippen LogP contribution in [0.25, 0.3) is 0 Å². The molecule has 1 aliphatic carbocycles. The molecule has 3 aromatic rings. The summed E-state index contributed by atoms with van der Waals surface area (Å²) < 4.78 is 5.90. The fourth-order valence-corrected chi connectivity index (χ4v) is 3.98. The number of ether oxygens (including phenoxy) is 1. The number of H-pyrrole nitrogens is 1. The number of aromatic nitrogens is 2. The van der Waals surface area contributed by atoms with Crippen LogP contribution in [0, 0.1) is 0 Å². The summed E-state index contributed by atoms with van der Waals surface area (Å²) in [4.78, 5) is 20.4. The highest BCUT2D eigenvalue weighted by molar-refractivity contribution is 5.42. The maximum atomic E-state index is 12.5. The highest BCUT2D eigenvalue weighted by Gasteiger charge is 2.48. The summed E-state index contributed by atoms with van der Waals surface area (Å²) in [5.74, 6) is 1.66. The van der Waals surface area contributed by atoms with Gasteiger partial charge in [-0.15, -0.1) is 0 Å². The van der Waals surface area contributed by atoms with Crippen LogP contribution >= 0.6 is 0 Å². The van der Waals surface area contributed by atoms with Crippen molar-refractivity contribution in [3.8, 4) is 5.75 Å². The maximum Gasteiger partial charge on any atom is 0.255 e. The van der Waals surface area contributed by atoms with Crippen LogP contribution in [0.1, 0.15) is 41.1 Å². The topological polar surface area (TPSA) is 67.0 Å². The second-order valence-electron chi connectivity index (χ2n) is 7.65. The zero-order valence-corrected chi connectivity index (χ0v) is 15.7. The second-order valence-corrected chi connectivity index (χ2v) is 7.65. The van der Waals surface area contributed by atoms with Crippen molar-refractivity contribution in [2.24, 2.45) is 0 Å². The lowest BCUT2D eigenvalue weighted by atomic mass is 9.94. The van der Waals surface area contributed by atoms with Gasteiger partial charge in [0.25, 0.3) is 5.56 Å². The van der Waals surface area contributed by atoms with Crippen molar-refractivity contribution in [3.05, 3.63) is 93.2 Å². The Kier molecular flexibility index (Phi) is 4.24. The summed E-state index contributed by atoms with van der Waals surface area (Å²) in [5.41, 5.74) is 3.92. The molecule has 0 amide bonds. The molecule has 2 heterocycles. The molecule has 0 saturated heterocycles. The normalized spacial score (nSPS) is 17.0. The Labute approximate surface area is 163 Å². The van der Waals surface area contributed by atoms with Gasteiger partial charge in [-0.05, 0) is 36.1 Å². The summed E-state index contributed by atoms with van der Waals surface area (Å²) in [6.07, 6.45) is 2.84. The summed E-state index contributed by atoms with van der Waals surface area (Å²) in [5, 5.41) is 3.24. The lowest BCUT2D eigenvalue weighted by Gasteiger charge is -2.20. The Bertz CT molecular complexity index is 1040. The van der Waals surface area contributed by atoms with Gasteiger partial charge < -0.3 is 15.0 Å². The van der Waals surface area contributed by atoms with Crippen molar-refractivity contribution < 1.29 is 4.74 Å². The van der Waals surface area contributed by atoms with E-state index in [1.165, 1.54) is 5.56 Å². The van der Waals surface area contributed by atoms with Crippen molar-refractivity contribution in [2.75, 3.05) is 6.54 Å². The van der Waals surface area contributed by atoms with Gasteiger partial charge in [0.15, 0.2) is 0 Å². The van der Waals surface area contributed by atoms with Gasteiger partial charge in [-0.2, -0.15) is 0 Å². The summed E-state index contributed by atoms with van der Waals surface area (Å²) in [6, 6.07) is 18.4. The van der Waals surface area contributed by atoms with E-state index in [-0.39, 0.29) is 11.0 Å². The Morgan fingerprint density at radius 3 is 2.57 bits per heavy atom. The molecule has 2 N–H and O–H groups in total. The summed E-state index contributed by atoms with van der Waals surface area (Å²) in [7, 11) is 0. The first kappa shape index (κ1) is 17.2. The van der Waals surface area contributed by atoms with Crippen molar-refractivity contribution in [1.82, 2.24) is 15.3 Å². The SMILES string of the molecule is O=c1[nH]c(C2(c3ccc(OCc4ccccc4)cc3)CC2)nc2c1CNCC2. The van der Waals surface area contributed by atoms with Crippen LogP contribution in [0.15, 0.2) is 59.4 Å². The van der Waals surface area contributed by atoms with E-state index >= 15 is 0 Å². The molecule has 1 aliphatic heterocycles. The Morgan fingerprint density at radius 1 is 1.04 bits per heavy atom. The lowest BCUT2D eigenvalue weighted by molar-refractivity contribution is 0.306. The zero-order chi connectivity index (χ0) is 19.0. The predicted molar refractivity (Wildman–Crippen MR) is 107 cm³/mol. The molecular formula is C23H23N3O2. The monoisotopic (exact) mass is 373 g/mol. The number of hydrogen-bond acceptors (Lipinski definition) is 4. The average molecular weight is 373 g/mol. The molecule has 1 saturated carbocycles. The molecule has 1 fully saturated rings. The van der Waals surface area contributed by atoms with Gasteiger partial charge in [-0.3, -0.25) is 4.79 Å². The summed E-state index contributed by atoms with van der Waals surface area (Å²) >= 11 is 0. The molecule has 28 heavy (non-hydrogen) atoms. The largest absolute Gasteiger partial charge is 0.489 e.